The number of hydrogen-bond acceptors (Lipinski definition) is 5. The molecule has 0 saturated carbocycles. The Hall–Kier alpha value is -1.43. The van der Waals surface area contributed by atoms with E-state index >= 15 is 0 Å². The van der Waals surface area contributed by atoms with Crippen LogP contribution in [0.2, 0.25) is 0 Å². The molecule has 2 heterocycles. The van der Waals surface area contributed by atoms with E-state index in [1.54, 1.807) is 0 Å². The van der Waals surface area contributed by atoms with Gasteiger partial charge in [-0.3, -0.25) is 9.69 Å². The number of amides is 1. The number of rotatable bonds is 3. The summed E-state index contributed by atoms with van der Waals surface area (Å²) in [4.78, 5) is 27.0. The average Bonchev–Trinajstić information content (AvgIpc) is 2.72. The van der Waals surface area contributed by atoms with Crippen LogP contribution in [-0.2, 0) is 21.4 Å². The van der Waals surface area contributed by atoms with Gasteiger partial charge in [0.15, 0.2) is 5.78 Å². The van der Waals surface area contributed by atoms with E-state index in [0.29, 0.717) is 19.4 Å². The van der Waals surface area contributed by atoms with Crippen LogP contribution in [0.15, 0.2) is 6.07 Å². The molecule has 0 unspecified atom stereocenters. The maximum atomic E-state index is 12.5. The van der Waals surface area contributed by atoms with E-state index in [2.05, 4.69) is 25.1 Å². The smallest absolute Gasteiger partial charge is 0.410 e. The highest BCUT2D eigenvalue weighted by molar-refractivity contribution is 7.05. The summed E-state index contributed by atoms with van der Waals surface area (Å²) >= 11 is 1.37. The second-order valence-electron chi connectivity index (χ2n) is 8.05. The second-order valence-corrected chi connectivity index (χ2v) is 8.94. The van der Waals surface area contributed by atoms with E-state index < -0.39 is 11.7 Å². The van der Waals surface area contributed by atoms with Gasteiger partial charge < -0.3 is 4.74 Å². The Morgan fingerprint density at radius 3 is 2.39 bits per heavy atom. The van der Waals surface area contributed by atoms with Crippen LogP contribution >= 0.6 is 11.5 Å². The highest BCUT2D eigenvalue weighted by Crippen LogP contribution is 2.27. The number of ketones is 1. The highest BCUT2D eigenvalue weighted by Gasteiger charge is 2.39. The number of likely N-dealkylation sites (tertiary alicyclic amines) is 1. The third-order valence-electron chi connectivity index (χ3n) is 3.70. The maximum absolute atomic E-state index is 12.5. The van der Waals surface area contributed by atoms with Crippen LogP contribution < -0.4 is 0 Å². The summed E-state index contributed by atoms with van der Waals surface area (Å²) in [5, 5.41) is 0. The molecule has 0 radical (unpaired) electrons. The van der Waals surface area contributed by atoms with Crippen molar-refractivity contribution in [3.05, 3.63) is 16.6 Å². The van der Waals surface area contributed by atoms with Crippen molar-refractivity contribution in [2.45, 2.75) is 71.4 Å². The quantitative estimate of drug-likeness (QED) is 0.845. The predicted octanol–water partition coefficient (Wildman–Crippen LogP) is 3.56. The molecule has 0 bridgehead atoms. The van der Waals surface area contributed by atoms with Crippen molar-refractivity contribution in [2.24, 2.45) is 0 Å². The topological polar surface area (TPSA) is 59.5 Å². The van der Waals surface area contributed by atoms with Crippen molar-refractivity contribution < 1.29 is 14.3 Å². The Balaban J connectivity index is 1.96. The van der Waals surface area contributed by atoms with E-state index in [1.165, 1.54) is 16.4 Å². The van der Waals surface area contributed by atoms with Crippen LogP contribution in [0.5, 0.6) is 0 Å². The molecule has 1 saturated heterocycles. The lowest BCUT2D eigenvalue weighted by molar-refractivity contribution is -0.127. The fraction of sp³-hybridized carbons (Fsp3) is 0.706. The lowest BCUT2D eigenvalue weighted by Crippen LogP contribution is -2.56. The molecule has 1 aliphatic heterocycles. The molecule has 2 rings (SSSR count). The summed E-state index contributed by atoms with van der Waals surface area (Å²) in [7, 11) is 0. The Morgan fingerprint density at radius 1 is 1.30 bits per heavy atom. The van der Waals surface area contributed by atoms with Gasteiger partial charge in [0.2, 0.25) is 0 Å². The number of aromatic nitrogens is 1. The van der Waals surface area contributed by atoms with Crippen LogP contribution in [0.3, 0.4) is 0 Å². The fourth-order valence-corrected chi connectivity index (χ4v) is 3.21. The number of hydrogen-bond donors (Lipinski definition) is 0. The zero-order chi connectivity index (χ0) is 17.4. The summed E-state index contributed by atoms with van der Waals surface area (Å²) in [6, 6.07) is 1.64. The van der Waals surface area contributed by atoms with Gasteiger partial charge in [0.25, 0.3) is 0 Å². The van der Waals surface area contributed by atoms with Crippen LogP contribution in [0.25, 0.3) is 0 Å². The van der Waals surface area contributed by atoms with Crippen molar-refractivity contribution in [3.63, 3.8) is 0 Å². The number of carbonyl (C=O) groups excluding carboxylic acids is 2. The zero-order valence-corrected chi connectivity index (χ0v) is 15.6. The standard InChI is InChI=1S/C17H26N2O3S/c1-16(2,3)14-10-11(23-18-14)9-13(20)12-7-8-19(12)15(21)22-17(4,5)6/h10,12H,7-9H2,1-6H3/t12-/m0/s1. The molecule has 0 aliphatic carbocycles. The summed E-state index contributed by atoms with van der Waals surface area (Å²) in [6.07, 6.45) is 0.641. The van der Waals surface area contributed by atoms with Gasteiger partial charge in [0, 0.05) is 23.3 Å². The largest absolute Gasteiger partial charge is 0.444 e. The van der Waals surface area contributed by atoms with Gasteiger partial charge >= 0.3 is 6.09 Å². The van der Waals surface area contributed by atoms with E-state index in [4.69, 9.17) is 4.74 Å². The van der Waals surface area contributed by atoms with Crippen molar-refractivity contribution in [1.29, 1.82) is 0 Å². The van der Waals surface area contributed by atoms with Crippen LogP contribution in [0.1, 0.15) is 58.5 Å². The third kappa shape index (κ3) is 4.53. The Bertz CT molecular complexity index is 596. The molecule has 5 nitrogen and oxygen atoms in total. The molecule has 1 aromatic heterocycles. The van der Waals surface area contributed by atoms with Crippen LogP contribution in [0.4, 0.5) is 4.79 Å². The molecule has 1 atom stereocenters. The van der Waals surface area contributed by atoms with Crippen molar-refractivity contribution in [2.75, 3.05) is 6.54 Å². The Labute approximate surface area is 142 Å². The molecular formula is C17H26N2O3S. The lowest BCUT2D eigenvalue weighted by atomic mass is 9.91. The van der Waals surface area contributed by atoms with Gasteiger partial charge in [-0.2, -0.15) is 4.37 Å². The van der Waals surface area contributed by atoms with Gasteiger partial charge in [0.05, 0.1) is 11.7 Å². The molecule has 1 aromatic rings. The molecule has 1 aliphatic rings. The molecule has 0 spiro atoms. The highest BCUT2D eigenvalue weighted by atomic mass is 32.1. The van der Waals surface area contributed by atoms with Gasteiger partial charge in [0.1, 0.15) is 5.60 Å². The predicted molar refractivity (Wildman–Crippen MR) is 90.9 cm³/mol. The zero-order valence-electron chi connectivity index (χ0n) is 14.8. The normalized spacial score (nSPS) is 18.5. The summed E-state index contributed by atoms with van der Waals surface area (Å²) in [5.41, 5.74) is 0.444. The SMILES string of the molecule is CC(C)(C)OC(=O)N1CC[C@H]1C(=O)Cc1cc(C(C)(C)C)ns1. The first-order chi connectivity index (χ1) is 10.5. The molecular weight excluding hydrogens is 312 g/mol. The lowest BCUT2D eigenvalue weighted by Gasteiger charge is -2.40. The van der Waals surface area contributed by atoms with Gasteiger partial charge in [-0.25, -0.2) is 4.79 Å². The summed E-state index contributed by atoms with van der Waals surface area (Å²) < 4.78 is 9.78. The number of ether oxygens (including phenoxy) is 1. The number of nitrogens with zero attached hydrogens (tertiary/aromatic N) is 2. The molecule has 1 fully saturated rings. The van der Waals surface area contributed by atoms with E-state index in [9.17, 15) is 9.59 Å². The number of carbonyl (C=O) groups is 2. The minimum Gasteiger partial charge on any atom is -0.444 e. The summed E-state index contributed by atoms with van der Waals surface area (Å²) in [6.45, 7) is 12.4. The second kappa shape index (κ2) is 6.23. The fourth-order valence-electron chi connectivity index (χ4n) is 2.30. The minimum absolute atomic E-state index is 0.0170. The maximum Gasteiger partial charge on any atom is 0.410 e. The first-order valence-corrected chi connectivity index (χ1v) is 8.73. The molecule has 1 amide bonds. The van der Waals surface area contributed by atoms with E-state index in [1.807, 2.05) is 26.8 Å². The minimum atomic E-state index is -0.542. The van der Waals surface area contributed by atoms with Crippen molar-refractivity contribution >= 4 is 23.4 Å². The van der Waals surface area contributed by atoms with Crippen molar-refractivity contribution in [1.82, 2.24) is 9.27 Å². The Morgan fingerprint density at radius 2 is 1.96 bits per heavy atom. The monoisotopic (exact) mass is 338 g/mol. The first kappa shape index (κ1) is 17.9. The molecule has 0 aromatic carbocycles. The third-order valence-corrected chi connectivity index (χ3v) is 4.48. The van der Waals surface area contributed by atoms with Crippen molar-refractivity contribution in [3.8, 4) is 0 Å². The summed E-state index contributed by atoms with van der Waals surface area (Å²) in [5.74, 6) is 0.0613. The van der Waals surface area contributed by atoms with Crippen LogP contribution in [-0.4, -0.2) is 39.3 Å². The molecule has 6 heteroatoms. The van der Waals surface area contributed by atoms with E-state index in [-0.39, 0.29) is 17.2 Å². The Kier molecular flexibility index (Phi) is 4.85. The first-order valence-electron chi connectivity index (χ1n) is 7.96. The molecule has 128 valence electrons. The average molecular weight is 338 g/mol. The van der Waals surface area contributed by atoms with Gasteiger partial charge in [-0.1, -0.05) is 20.8 Å². The van der Waals surface area contributed by atoms with Gasteiger partial charge in [-0.05, 0) is 44.8 Å². The van der Waals surface area contributed by atoms with Crippen LogP contribution in [0, 0.1) is 0 Å². The van der Waals surface area contributed by atoms with E-state index in [0.717, 1.165) is 10.6 Å². The number of Topliss-reactive ketones (excluding diaryl/α,β-unsaturated/α-hetero) is 1. The molecule has 23 heavy (non-hydrogen) atoms. The molecule has 0 N–H and O–H groups in total. The van der Waals surface area contributed by atoms with Gasteiger partial charge in [-0.15, -0.1) is 0 Å².